The normalized spacial score (nSPS) is 11.7. The standard InChI is InChI=1S/C14H20N2O3/c1-2-19-13(17)8-9-16-14(18)12(15)10-11-6-4-3-5-7-11/h3-7,12H,2,8-10,15H2,1H3,(H,16,18). The Morgan fingerprint density at radius 3 is 2.63 bits per heavy atom. The zero-order valence-electron chi connectivity index (χ0n) is 11.1. The topological polar surface area (TPSA) is 81.4 Å². The highest BCUT2D eigenvalue weighted by atomic mass is 16.5. The van der Waals surface area contributed by atoms with Crippen molar-refractivity contribution in [3.63, 3.8) is 0 Å². The lowest BCUT2D eigenvalue weighted by Gasteiger charge is -2.12. The predicted octanol–water partition coefficient (Wildman–Crippen LogP) is 0.626. The second kappa shape index (κ2) is 8.26. The molecule has 104 valence electrons. The highest BCUT2D eigenvalue weighted by molar-refractivity contribution is 5.82. The molecule has 0 aliphatic rings. The molecule has 0 bridgehead atoms. The molecule has 3 N–H and O–H groups in total. The minimum atomic E-state index is -0.607. The summed E-state index contributed by atoms with van der Waals surface area (Å²) in [6, 6.07) is 8.96. The van der Waals surface area contributed by atoms with Crippen LogP contribution in [0.25, 0.3) is 0 Å². The molecule has 1 atom stereocenters. The van der Waals surface area contributed by atoms with Crippen LogP contribution in [0.2, 0.25) is 0 Å². The molecule has 0 saturated heterocycles. The van der Waals surface area contributed by atoms with E-state index in [0.29, 0.717) is 13.0 Å². The molecule has 0 aliphatic carbocycles. The summed E-state index contributed by atoms with van der Waals surface area (Å²) >= 11 is 0. The molecule has 0 spiro atoms. The van der Waals surface area contributed by atoms with Crippen LogP contribution < -0.4 is 11.1 Å². The lowest BCUT2D eigenvalue weighted by Crippen LogP contribution is -2.42. The zero-order chi connectivity index (χ0) is 14.1. The van der Waals surface area contributed by atoms with Gasteiger partial charge in [0.1, 0.15) is 0 Å². The Kier molecular flexibility index (Phi) is 6.60. The Morgan fingerprint density at radius 1 is 1.32 bits per heavy atom. The van der Waals surface area contributed by atoms with E-state index in [9.17, 15) is 9.59 Å². The molecule has 19 heavy (non-hydrogen) atoms. The largest absolute Gasteiger partial charge is 0.466 e. The minimum absolute atomic E-state index is 0.164. The summed E-state index contributed by atoms with van der Waals surface area (Å²) in [6.07, 6.45) is 0.643. The highest BCUT2D eigenvalue weighted by Gasteiger charge is 2.13. The van der Waals surface area contributed by atoms with Crippen LogP contribution in [0.1, 0.15) is 18.9 Å². The van der Waals surface area contributed by atoms with Gasteiger partial charge < -0.3 is 15.8 Å². The van der Waals surface area contributed by atoms with Crippen molar-refractivity contribution in [2.75, 3.05) is 13.2 Å². The van der Waals surface area contributed by atoms with Crippen LogP contribution in [0.3, 0.4) is 0 Å². The first-order valence-corrected chi connectivity index (χ1v) is 6.36. The van der Waals surface area contributed by atoms with Crippen molar-refractivity contribution in [2.45, 2.75) is 25.8 Å². The maximum absolute atomic E-state index is 11.7. The van der Waals surface area contributed by atoms with Gasteiger partial charge in [0.2, 0.25) is 5.91 Å². The zero-order valence-corrected chi connectivity index (χ0v) is 11.1. The second-order valence-corrected chi connectivity index (χ2v) is 4.14. The SMILES string of the molecule is CCOC(=O)CCNC(=O)C(N)Cc1ccccc1. The number of carbonyl (C=O) groups is 2. The third-order valence-electron chi connectivity index (χ3n) is 2.57. The third kappa shape index (κ3) is 6.01. The van der Waals surface area contributed by atoms with Crippen LogP contribution in [0, 0.1) is 0 Å². The Hall–Kier alpha value is -1.88. The quantitative estimate of drug-likeness (QED) is 0.708. The fraction of sp³-hybridized carbons (Fsp3) is 0.429. The number of amides is 1. The van der Waals surface area contributed by atoms with E-state index in [1.54, 1.807) is 6.92 Å². The van der Waals surface area contributed by atoms with Gasteiger partial charge in [0.25, 0.3) is 0 Å². The van der Waals surface area contributed by atoms with Gasteiger partial charge in [-0.2, -0.15) is 0 Å². The van der Waals surface area contributed by atoms with Crippen LogP contribution in [-0.2, 0) is 20.7 Å². The van der Waals surface area contributed by atoms with Crippen LogP contribution in [0.5, 0.6) is 0 Å². The molecule has 1 rings (SSSR count). The van der Waals surface area contributed by atoms with E-state index in [1.165, 1.54) is 0 Å². The van der Waals surface area contributed by atoms with Crippen molar-refractivity contribution >= 4 is 11.9 Å². The van der Waals surface area contributed by atoms with E-state index in [-0.39, 0.29) is 24.8 Å². The van der Waals surface area contributed by atoms with Crippen LogP contribution in [0.15, 0.2) is 30.3 Å². The molecule has 0 aliphatic heterocycles. The second-order valence-electron chi connectivity index (χ2n) is 4.14. The van der Waals surface area contributed by atoms with Gasteiger partial charge in [-0.1, -0.05) is 30.3 Å². The van der Waals surface area contributed by atoms with E-state index < -0.39 is 6.04 Å². The van der Waals surface area contributed by atoms with Gasteiger partial charge in [0, 0.05) is 6.54 Å². The summed E-state index contributed by atoms with van der Waals surface area (Å²) in [5.41, 5.74) is 6.81. The van der Waals surface area contributed by atoms with Gasteiger partial charge in [0.15, 0.2) is 0 Å². The Balaban J connectivity index is 2.27. The van der Waals surface area contributed by atoms with Gasteiger partial charge >= 0.3 is 5.97 Å². The molecule has 1 unspecified atom stereocenters. The van der Waals surface area contributed by atoms with Crippen molar-refractivity contribution in [3.8, 4) is 0 Å². The summed E-state index contributed by atoms with van der Waals surface area (Å²) in [5, 5.41) is 2.63. The molecule has 0 saturated carbocycles. The van der Waals surface area contributed by atoms with Gasteiger partial charge in [-0.05, 0) is 18.9 Å². The summed E-state index contributed by atoms with van der Waals surface area (Å²) in [5.74, 6) is -0.576. The molecule has 0 radical (unpaired) electrons. The molecule has 0 aromatic heterocycles. The Labute approximate surface area is 113 Å². The van der Waals surface area contributed by atoms with E-state index >= 15 is 0 Å². The lowest BCUT2D eigenvalue weighted by atomic mass is 10.1. The van der Waals surface area contributed by atoms with E-state index in [2.05, 4.69) is 5.32 Å². The lowest BCUT2D eigenvalue weighted by molar-refractivity contribution is -0.143. The molecular weight excluding hydrogens is 244 g/mol. The number of carbonyl (C=O) groups excluding carboxylic acids is 2. The third-order valence-corrected chi connectivity index (χ3v) is 2.57. The average Bonchev–Trinajstić information content (AvgIpc) is 2.40. The number of esters is 1. The number of ether oxygens (including phenoxy) is 1. The fourth-order valence-corrected chi connectivity index (χ4v) is 1.61. The van der Waals surface area contributed by atoms with Crippen molar-refractivity contribution in [1.29, 1.82) is 0 Å². The van der Waals surface area contributed by atoms with Crippen LogP contribution >= 0.6 is 0 Å². The summed E-state index contributed by atoms with van der Waals surface area (Å²) in [7, 11) is 0. The summed E-state index contributed by atoms with van der Waals surface area (Å²) < 4.78 is 4.76. The van der Waals surface area contributed by atoms with Crippen molar-refractivity contribution in [3.05, 3.63) is 35.9 Å². The number of hydrogen-bond acceptors (Lipinski definition) is 4. The van der Waals surface area contributed by atoms with E-state index in [0.717, 1.165) is 5.56 Å². The van der Waals surface area contributed by atoms with E-state index in [4.69, 9.17) is 10.5 Å². The minimum Gasteiger partial charge on any atom is -0.466 e. The molecule has 0 heterocycles. The number of rotatable bonds is 7. The Morgan fingerprint density at radius 2 is 2.00 bits per heavy atom. The first-order chi connectivity index (χ1) is 9.13. The number of benzene rings is 1. The highest BCUT2D eigenvalue weighted by Crippen LogP contribution is 2.01. The first-order valence-electron chi connectivity index (χ1n) is 6.36. The van der Waals surface area contributed by atoms with Gasteiger partial charge in [-0.15, -0.1) is 0 Å². The number of nitrogens with one attached hydrogen (secondary N) is 1. The summed E-state index contributed by atoms with van der Waals surface area (Å²) in [4.78, 5) is 22.8. The number of hydrogen-bond donors (Lipinski definition) is 2. The fourth-order valence-electron chi connectivity index (χ4n) is 1.61. The van der Waals surface area contributed by atoms with Gasteiger partial charge in [-0.25, -0.2) is 0 Å². The van der Waals surface area contributed by atoms with Crippen molar-refractivity contribution < 1.29 is 14.3 Å². The van der Waals surface area contributed by atoms with Crippen molar-refractivity contribution in [2.24, 2.45) is 5.73 Å². The van der Waals surface area contributed by atoms with Crippen LogP contribution in [-0.4, -0.2) is 31.1 Å². The summed E-state index contributed by atoms with van der Waals surface area (Å²) in [6.45, 7) is 2.34. The van der Waals surface area contributed by atoms with Crippen LogP contribution in [0.4, 0.5) is 0 Å². The van der Waals surface area contributed by atoms with Crippen molar-refractivity contribution in [1.82, 2.24) is 5.32 Å². The molecule has 1 aromatic carbocycles. The maximum atomic E-state index is 11.7. The smallest absolute Gasteiger partial charge is 0.307 e. The van der Waals surface area contributed by atoms with Gasteiger partial charge in [0.05, 0.1) is 19.1 Å². The maximum Gasteiger partial charge on any atom is 0.307 e. The molecule has 1 aromatic rings. The molecular formula is C14H20N2O3. The molecule has 1 amide bonds. The average molecular weight is 264 g/mol. The number of nitrogens with two attached hydrogens (primary N) is 1. The molecule has 5 heteroatoms. The first kappa shape index (κ1) is 15.2. The monoisotopic (exact) mass is 264 g/mol. The Bertz CT molecular complexity index is 406. The predicted molar refractivity (Wildman–Crippen MR) is 72.4 cm³/mol. The van der Waals surface area contributed by atoms with Gasteiger partial charge in [-0.3, -0.25) is 9.59 Å². The molecule has 0 fully saturated rings. The van der Waals surface area contributed by atoms with E-state index in [1.807, 2.05) is 30.3 Å². The molecule has 5 nitrogen and oxygen atoms in total.